The van der Waals surface area contributed by atoms with Crippen LogP contribution in [0.1, 0.15) is 10.4 Å². The Morgan fingerprint density at radius 1 is 1.37 bits per heavy atom. The Morgan fingerprint density at radius 2 is 2.16 bits per heavy atom. The monoisotopic (exact) mass is 337 g/mol. The van der Waals surface area contributed by atoms with Gasteiger partial charge in [-0.3, -0.25) is 5.41 Å². The number of likely N-dealkylation sites (N-methyl/N-ethyl adjacent to an activating group) is 1. The van der Waals surface area contributed by atoms with Crippen LogP contribution in [0.2, 0.25) is 0 Å². The van der Waals surface area contributed by atoms with E-state index in [1.807, 2.05) is 25.2 Å². The van der Waals surface area contributed by atoms with Crippen molar-refractivity contribution in [3.05, 3.63) is 50.6 Å². The lowest BCUT2D eigenvalue weighted by atomic mass is 10.1. The number of nitrogens with two attached hydrogens (primary N) is 1. The fourth-order valence-electron chi connectivity index (χ4n) is 1.95. The van der Waals surface area contributed by atoms with Gasteiger partial charge in [-0.1, -0.05) is 12.1 Å². The maximum absolute atomic E-state index is 7.71. The molecule has 0 amide bonds. The van der Waals surface area contributed by atoms with Gasteiger partial charge in [-0.25, -0.2) is 0 Å². The molecule has 19 heavy (non-hydrogen) atoms. The molecule has 0 saturated heterocycles. The third-order valence-corrected chi connectivity index (χ3v) is 4.54. The molecule has 0 aliphatic rings. The van der Waals surface area contributed by atoms with E-state index in [2.05, 4.69) is 38.3 Å². The number of halogens is 1. The number of nitrogen functional groups attached to an aromatic ring is 1. The van der Waals surface area contributed by atoms with Crippen LogP contribution >= 0.6 is 27.3 Å². The predicted molar refractivity (Wildman–Crippen MR) is 86.5 cm³/mol. The number of hydrogen-bond donors (Lipinski definition) is 2. The van der Waals surface area contributed by atoms with E-state index in [9.17, 15) is 0 Å². The van der Waals surface area contributed by atoms with Gasteiger partial charge in [0.2, 0.25) is 0 Å². The Kier molecular flexibility index (Phi) is 4.61. The zero-order valence-corrected chi connectivity index (χ0v) is 13.1. The smallest absolute Gasteiger partial charge is 0.126 e. The molecule has 0 saturated carbocycles. The normalized spacial score (nSPS) is 10.4. The molecule has 2 rings (SSSR count). The summed E-state index contributed by atoms with van der Waals surface area (Å²) in [5.74, 6) is 0.0884. The molecule has 2 aromatic rings. The first kappa shape index (κ1) is 14.1. The predicted octanol–water partition coefficient (Wildman–Crippen LogP) is 3.47. The highest BCUT2D eigenvalue weighted by atomic mass is 79.9. The van der Waals surface area contributed by atoms with Crippen molar-refractivity contribution in [3.63, 3.8) is 0 Å². The van der Waals surface area contributed by atoms with Gasteiger partial charge in [-0.2, -0.15) is 0 Å². The van der Waals surface area contributed by atoms with Crippen molar-refractivity contribution >= 4 is 38.8 Å². The highest BCUT2D eigenvalue weighted by Crippen LogP contribution is 2.27. The van der Waals surface area contributed by atoms with Crippen LogP contribution in [0.4, 0.5) is 5.69 Å². The second kappa shape index (κ2) is 6.21. The molecule has 1 aromatic heterocycles. The van der Waals surface area contributed by atoms with Crippen LogP contribution in [0.5, 0.6) is 0 Å². The molecule has 0 fully saturated rings. The number of benzene rings is 1. The minimum atomic E-state index is 0.0884. The summed E-state index contributed by atoms with van der Waals surface area (Å²) < 4.78 is 0.862. The van der Waals surface area contributed by atoms with Crippen molar-refractivity contribution in [3.8, 4) is 0 Å². The number of thiophene rings is 1. The fraction of sp³-hybridized carbons (Fsp3) is 0.214. The summed E-state index contributed by atoms with van der Waals surface area (Å²) in [6, 6.07) is 10.1. The van der Waals surface area contributed by atoms with Crippen LogP contribution in [0.25, 0.3) is 0 Å². The van der Waals surface area contributed by atoms with Crippen LogP contribution < -0.4 is 10.6 Å². The summed E-state index contributed by atoms with van der Waals surface area (Å²) in [7, 11) is 2.03. The molecule has 3 N–H and O–H groups in total. The molecule has 3 nitrogen and oxygen atoms in total. The molecule has 1 aromatic carbocycles. The fourth-order valence-corrected chi connectivity index (χ4v) is 3.22. The van der Waals surface area contributed by atoms with E-state index in [1.54, 1.807) is 11.3 Å². The summed E-state index contributed by atoms with van der Waals surface area (Å²) in [4.78, 5) is 3.51. The summed E-state index contributed by atoms with van der Waals surface area (Å²) in [5.41, 5.74) is 7.42. The summed E-state index contributed by atoms with van der Waals surface area (Å²) >= 11 is 5.23. The zero-order valence-electron chi connectivity index (χ0n) is 10.7. The number of rotatable bonds is 5. The maximum Gasteiger partial charge on any atom is 0.126 e. The van der Waals surface area contributed by atoms with E-state index >= 15 is 0 Å². The van der Waals surface area contributed by atoms with Gasteiger partial charge in [0.1, 0.15) is 5.84 Å². The molecular formula is C14H16BrN3S. The van der Waals surface area contributed by atoms with Gasteiger partial charge < -0.3 is 10.6 Å². The van der Waals surface area contributed by atoms with Gasteiger partial charge in [0, 0.05) is 28.6 Å². The van der Waals surface area contributed by atoms with Crippen molar-refractivity contribution in [1.29, 1.82) is 5.41 Å². The summed E-state index contributed by atoms with van der Waals surface area (Å²) in [6.07, 6.45) is 0.998. The highest BCUT2D eigenvalue weighted by molar-refractivity contribution is 9.10. The van der Waals surface area contributed by atoms with Crippen molar-refractivity contribution < 1.29 is 0 Å². The number of hydrogen-bond acceptors (Lipinski definition) is 3. The molecule has 1 heterocycles. The van der Waals surface area contributed by atoms with Gasteiger partial charge in [-0.05, 0) is 45.9 Å². The average molecular weight is 338 g/mol. The van der Waals surface area contributed by atoms with Gasteiger partial charge in [0.05, 0.1) is 5.56 Å². The lowest BCUT2D eigenvalue weighted by Gasteiger charge is -2.22. The highest BCUT2D eigenvalue weighted by Gasteiger charge is 2.13. The van der Waals surface area contributed by atoms with E-state index in [0.717, 1.165) is 28.7 Å². The molecule has 5 heteroatoms. The van der Waals surface area contributed by atoms with E-state index in [-0.39, 0.29) is 5.84 Å². The zero-order chi connectivity index (χ0) is 13.8. The van der Waals surface area contributed by atoms with Crippen molar-refractivity contribution in [2.75, 3.05) is 18.5 Å². The molecular weight excluding hydrogens is 322 g/mol. The molecule has 0 unspecified atom stereocenters. The Bertz CT molecular complexity index is 566. The minimum Gasteiger partial charge on any atom is -0.384 e. The van der Waals surface area contributed by atoms with Gasteiger partial charge in [-0.15, -0.1) is 11.3 Å². The molecule has 0 aliphatic heterocycles. The van der Waals surface area contributed by atoms with Crippen LogP contribution in [0.3, 0.4) is 0 Å². The largest absolute Gasteiger partial charge is 0.384 e. The number of amidine groups is 1. The van der Waals surface area contributed by atoms with Gasteiger partial charge in [0.25, 0.3) is 0 Å². The first-order valence-electron chi connectivity index (χ1n) is 5.96. The molecule has 0 spiro atoms. The molecule has 0 atom stereocenters. The quantitative estimate of drug-likeness (QED) is 0.648. The second-order valence-electron chi connectivity index (χ2n) is 4.30. The Labute approximate surface area is 125 Å². The first-order chi connectivity index (χ1) is 9.09. The SMILES string of the molecule is CN(CCc1cccs1)c1cccc(Br)c1C(=N)N. The van der Waals surface area contributed by atoms with Crippen molar-refractivity contribution in [2.45, 2.75) is 6.42 Å². The third kappa shape index (κ3) is 3.36. The lowest BCUT2D eigenvalue weighted by molar-refractivity contribution is 0.885. The van der Waals surface area contributed by atoms with E-state index in [0.29, 0.717) is 0 Å². The molecule has 100 valence electrons. The van der Waals surface area contributed by atoms with Gasteiger partial charge in [0.15, 0.2) is 0 Å². The third-order valence-electron chi connectivity index (χ3n) is 2.95. The number of nitrogens with zero attached hydrogens (tertiary/aromatic N) is 1. The van der Waals surface area contributed by atoms with Crippen LogP contribution in [0, 0.1) is 5.41 Å². The molecule has 0 bridgehead atoms. The number of anilines is 1. The van der Waals surface area contributed by atoms with E-state index in [4.69, 9.17) is 11.1 Å². The topological polar surface area (TPSA) is 53.1 Å². The molecule has 0 radical (unpaired) electrons. The van der Waals surface area contributed by atoms with Crippen molar-refractivity contribution in [2.24, 2.45) is 5.73 Å². The summed E-state index contributed by atoms with van der Waals surface area (Å²) in [6.45, 7) is 0.900. The molecule has 0 aliphatic carbocycles. The van der Waals surface area contributed by atoms with Crippen LogP contribution in [-0.2, 0) is 6.42 Å². The second-order valence-corrected chi connectivity index (χ2v) is 6.19. The van der Waals surface area contributed by atoms with Crippen molar-refractivity contribution in [1.82, 2.24) is 0 Å². The van der Waals surface area contributed by atoms with Gasteiger partial charge >= 0.3 is 0 Å². The maximum atomic E-state index is 7.71. The summed E-state index contributed by atoms with van der Waals surface area (Å²) in [5, 5.41) is 9.80. The van der Waals surface area contributed by atoms with E-state index in [1.165, 1.54) is 4.88 Å². The average Bonchev–Trinajstić information content (AvgIpc) is 2.88. The Balaban J connectivity index is 2.16. The minimum absolute atomic E-state index is 0.0884. The van der Waals surface area contributed by atoms with E-state index < -0.39 is 0 Å². The Morgan fingerprint density at radius 3 is 2.79 bits per heavy atom. The standard InChI is InChI=1S/C14H16BrN3S/c1-18(8-7-10-4-3-9-19-10)12-6-2-5-11(15)13(12)14(16)17/h2-6,9H,7-8H2,1H3,(H3,16,17). The first-order valence-corrected chi connectivity index (χ1v) is 7.63. The van der Waals surface area contributed by atoms with Crippen LogP contribution in [0.15, 0.2) is 40.2 Å². The lowest BCUT2D eigenvalue weighted by Crippen LogP contribution is -2.24. The Hall–Kier alpha value is -1.33. The number of nitrogens with one attached hydrogen (secondary N) is 1. The van der Waals surface area contributed by atoms with Crippen LogP contribution in [-0.4, -0.2) is 19.4 Å².